The molecule has 0 spiro atoms. The number of fused-ring (bicyclic) bond motifs is 2. The number of rotatable bonds is 4. The number of hydrogen-bond donors (Lipinski definition) is 1. The maximum atomic E-state index is 12.2. The lowest BCUT2D eigenvalue weighted by atomic mass is 9.93. The molecule has 1 aliphatic heterocycles. The van der Waals surface area contributed by atoms with E-state index in [2.05, 4.69) is 12.1 Å². The maximum absolute atomic E-state index is 12.2. The van der Waals surface area contributed by atoms with Gasteiger partial charge >= 0.3 is 5.97 Å². The summed E-state index contributed by atoms with van der Waals surface area (Å²) in [6.07, 6.45) is 1.70. The highest BCUT2D eigenvalue weighted by molar-refractivity contribution is 6.05. The van der Waals surface area contributed by atoms with Gasteiger partial charge in [0, 0.05) is 5.57 Å². The molecule has 4 heteroatoms. The van der Waals surface area contributed by atoms with Crippen LogP contribution in [-0.4, -0.2) is 29.4 Å². The van der Waals surface area contributed by atoms with E-state index < -0.39 is 17.7 Å². The normalized spacial score (nSPS) is 17.0. The Morgan fingerprint density at radius 1 is 1.14 bits per heavy atom. The number of aliphatic carboxylic acids is 1. The number of benzene rings is 2. The average molecular weight is 378 g/mol. The number of carboxylic acids is 1. The molecule has 0 amide bonds. The molecule has 146 valence electrons. The third-order valence-corrected chi connectivity index (χ3v) is 5.21. The predicted octanol–water partition coefficient (Wildman–Crippen LogP) is 4.75. The Bertz CT molecular complexity index is 949. The van der Waals surface area contributed by atoms with Crippen LogP contribution < -0.4 is 4.74 Å². The Kier molecular flexibility index (Phi) is 4.76. The topological polar surface area (TPSA) is 55.8 Å². The third kappa shape index (κ3) is 3.57. The van der Waals surface area contributed by atoms with Crippen molar-refractivity contribution in [3.63, 3.8) is 0 Å². The summed E-state index contributed by atoms with van der Waals surface area (Å²) in [5.74, 6) is -0.0196. The quantitative estimate of drug-likeness (QED) is 0.834. The second kappa shape index (κ2) is 7.10. The Morgan fingerprint density at radius 2 is 1.93 bits per heavy atom. The smallest absolute Gasteiger partial charge is 0.337 e. The van der Waals surface area contributed by atoms with Gasteiger partial charge in [0.2, 0.25) is 0 Å². The van der Waals surface area contributed by atoms with E-state index in [-0.39, 0.29) is 0 Å². The maximum Gasteiger partial charge on any atom is 0.337 e. The fourth-order valence-electron chi connectivity index (χ4n) is 4.08. The molecule has 1 atom stereocenters. The first kappa shape index (κ1) is 18.8. The van der Waals surface area contributed by atoms with Gasteiger partial charge in [-0.1, -0.05) is 30.3 Å². The lowest BCUT2D eigenvalue weighted by molar-refractivity contribution is -0.153. The second-order valence-corrected chi connectivity index (χ2v) is 8.45. The van der Waals surface area contributed by atoms with Gasteiger partial charge in [-0.25, -0.2) is 4.79 Å². The van der Waals surface area contributed by atoms with Crippen molar-refractivity contribution in [3.05, 3.63) is 64.7 Å². The summed E-state index contributed by atoms with van der Waals surface area (Å²) < 4.78 is 11.8. The molecular formula is C24H26O4. The molecule has 2 aliphatic rings. The van der Waals surface area contributed by atoms with Crippen molar-refractivity contribution in [3.8, 4) is 5.75 Å². The molecule has 1 unspecified atom stereocenters. The molecule has 0 bridgehead atoms. The first-order valence-electron chi connectivity index (χ1n) is 9.81. The third-order valence-electron chi connectivity index (χ3n) is 5.21. The number of carboxylic acid groups (broad SMARTS) is 1. The molecule has 2 aromatic carbocycles. The number of carbonyl (C=O) groups is 1. The molecule has 0 saturated carbocycles. The van der Waals surface area contributed by atoms with Gasteiger partial charge in [0.25, 0.3) is 0 Å². The van der Waals surface area contributed by atoms with Gasteiger partial charge < -0.3 is 14.6 Å². The van der Waals surface area contributed by atoms with E-state index in [4.69, 9.17) is 9.47 Å². The van der Waals surface area contributed by atoms with Gasteiger partial charge in [-0.2, -0.15) is 0 Å². The van der Waals surface area contributed by atoms with Crippen LogP contribution in [0.1, 0.15) is 49.4 Å². The summed E-state index contributed by atoms with van der Waals surface area (Å²) in [5, 5.41) is 10.0. The monoisotopic (exact) mass is 378 g/mol. The van der Waals surface area contributed by atoms with Crippen molar-refractivity contribution < 1.29 is 19.4 Å². The van der Waals surface area contributed by atoms with Crippen LogP contribution >= 0.6 is 0 Å². The standard InChI is InChI=1S/C24H26O4/c1-24(2,3)28-22(23(25)26)21-18-9-5-4-7-15(18)14-19(21)16-10-11-20-17(13-16)8-6-12-27-20/h4-5,7,9-11,13,22H,6,8,12,14H2,1-3H3,(H,25,26). The molecule has 4 rings (SSSR count). The van der Waals surface area contributed by atoms with Crippen molar-refractivity contribution in [2.75, 3.05) is 6.61 Å². The van der Waals surface area contributed by atoms with Gasteiger partial charge in [-0.3, -0.25) is 0 Å². The largest absolute Gasteiger partial charge is 0.493 e. The molecule has 4 nitrogen and oxygen atoms in total. The van der Waals surface area contributed by atoms with Crippen LogP contribution in [0.4, 0.5) is 0 Å². The van der Waals surface area contributed by atoms with E-state index in [1.165, 1.54) is 5.56 Å². The molecule has 0 radical (unpaired) electrons. The van der Waals surface area contributed by atoms with E-state index in [0.717, 1.165) is 53.0 Å². The summed E-state index contributed by atoms with van der Waals surface area (Å²) in [5.41, 5.74) is 5.60. The molecule has 28 heavy (non-hydrogen) atoms. The average Bonchev–Trinajstić information content (AvgIpc) is 3.04. The number of aryl methyl sites for hydroxylation is 1. The number of allylic oxidation sites excluding steroid dienone is 1. The first-order chi connectivity index (χ1) is 13.3. The zero-order valence-electron chi connectivity index (χ0n) is 16.6. The fraction of sp³-hybridized carbons (Fsp3) is 0.375. The Morgan fingerprint density at radius 3 is 2.68 bits per heavy atom. The summed E-state index contributed by atoms with van der Waals surface area (Å²) >= 11 is 0. The van der Waals surface area contributed by atoms with Gasteiger partial charge in [0.1, 0.15) is 5.75 Å². The predicted molar refractivity (Wildman–Crippen MR) is 109 cm³/mol. The van der Waals surface area contributed by atoms with Gasteiger partial charge in [0.15, 0.2) is 6.10 Å². The molecule has 1 aliphatic carbocycles. The molecule has 0 aromatic heterocycles. The minimum atomic E-state index is -1.01. The summed E-state index contributed by atoms with van der Waals surface area (Å²) in [7, 11) is 0. The molecule has 1 heterocycles. The second-order valence-electron chi connectivity index (χ2n) is 8.45. The first-order valence-corrected chi connectivity index (χ1v) is 9.81. The molecule has 1 N–H and O–H groups in total. The zero-order chi connectivity index (χ0) is 19.9. The Labute approximate surface area is 165 Å². The minimum absolute atomic E-state index is 0.567. The highest BCUT2D eigenvalue weighted by Crippen LogP contribution is 2.43. The molecule has 2 aromatic rings. The van der Waals surface area contributed by atoms with E-state index in [1.54, 1.807) is 0 Å². The number of hydrogen-bond acceptors (Lipinski definition) is 3. The van der Waals surface area contributed by atoms with Gasteiger partial charge in [0.05, 0.1) is 12.2 Å². The van der Waals surface area contributed by atoms with Crippen LogP contribution in [0, 0.1) is 0 Å². The fourth-order valence-corrected chi connectivity index (χ4v) is 4.08. The van der Waals surface area contributed by atoms with Crippen molar-refractivity contribution in [2.24, 2.45) is 0 Å². The van der Waals surface area contributed by atoms with Crippen molar-refractivity contribution in [1.29, 1.82) is 0 Å². The van der Waals surface area contributed by atoms with E-state index in [9.17, 15) is 9.90 Å². The van der Waals surface area contributed by atoms with Crippen molar-refractivity contribution >= 4 is 17.1 Å². The lowest BCUT2D eigenvalue weighted by Crippen LogP contribution is -2.34. The SMILES string of the molecule is CC(C)(C)OC(C(=O)O)C1=C(c2ccc3c(c2)CCCO3)Cc2ccccc21. The molecule has 0 saturated heterocycles. The zero-order valence-corrected chi connectivity index (χ0v) is 16.6. The van der Waals surface area contributed by atoms with Crippen LogP contribution in [-0.2, 0) is 22.4 Å². The van der Waals surface area contributed by atoms with Gasteiger partial charge in [-0.15, -0.1) is 0 Å². The van der Waals surface area contributed by atoms with E-state index in [1.807, 2.05) is 51.1 Å². The van der Waals surface area contributed by atoms with Crippen LogP contribution in [0.25, 0.3) is 11.1 Å². The Hall–Kier alpha value is -2.59. The van der Waals surface area contributed by atoms with Crippen LogP contribution in [0.5, 0.6) is 5.75 Å². The van der Waals surface area contributed by atoms with Crippen molar-refractivity contribution in [2.45, 2.75) is 51.7 Å². The number of ether oxygens (including phenoxy) is 2. The van der Waals surface area contributed by atoms with Gasteiger partial charge in [-0.05, 0) is 80.0 Å². The van der Waals surface area contributed by atoms with Crippen LogP contribution in [0.2, 0.25) is 0 Å². The Balaban J connectivity index is 1.86. The summed E-state index contributed by atoms with van der Waals surface area (Å²) in [6.45, 7) is 6.42. The summed E-state index contributed by atoms with van der Waals surface area (Å²) in [4.78, 5) is 12.2. The molecule has 0 fully saturated rings. The highest BCUT2D eigenvalue weighted by Gasteiger charge is 2.36. The summed E-state index contributed by atoms with van der Waals surface area (Å²) in [6, 6.07) is 14.2. The lowest BCUT2D eigenvalue weighted by Gasteiger charge is -2.27. The van der Waals surface area contributed by atoms with Crippen LogP contribution in [0.3, 0.4) is 0 Å². The molecular weight excluding hydrogens is 352 g/mol. The van der Waals surface area contributed by atoms with E-state index >= 15 is 0 Å². The minimum Gasteiger partial charge on any atom is -0.493 e. The van der Waals surface area contributed by atoms with E-state index in [0.29, 0.717) is 6.42 Å². The van der Waals surface area contributed by atoms with Crippen LogP contribution in [0.15, 0.2) is 42.5 Å². The highest BCUT2D eigenvalue weighted by atomic mass is 16.5. The van der Waals surface area contributed by atoms with Crippen molar-refractivity contribution in [1.82, 2.24) is 0 Å².